The van der Waals surface area contributed by atoms with Gasteiger partial charge >= 0.3 is 0 Å². The van der Waals surface area contributed by atoms with Gasteiger partial charge in [0.1, 0.15) is 5.75 Å². The maximum Gasteiger partial charge on any atom is 0.121 e. The Morgan fingerprint density at radius 1 is 0.947 bits per heavy atom. The molecule has 0 spiro atoms. The Bertz CT molecular complexity index is 380. The van der Waals surface area contributed by atoms with Crippen molar-refractivity contribution in [3.63, 3.8) is 0 Å². The third-order valence-electron chi connectivity index (χ3n) is 3.97. The molecule has 1 N–H and O–H groups in total. The second kappa shape index (κ2) is 8.24. The minimum Gasteiger partial charge on any atom is -0.507 e. The van der Waals surface area contributed by atoms with Crippen LogP contribution in [0.15, 0.2) is 12.1 Å². The molecule has 108 valence electrons. The number of benzene rings is 1. The zero-order chi connectivity index (χ0) is 14.3. The van der Waals surface area contributed by atoms with Gasteiger partial charge in [-0.25, -0.2) is 0 Å². The fraction of sp³-hybridized carbons (Fsp3) is 0.667. The summed E-state index contributed by atoms with van der Waals surface area (Å²) in [4.78, 5) is 0. The van der Waals surface area contributed by atoms with Crippen LogP contribution in [0.2, 0.25) is 0 Å². The molecule has 0 radical (unpaired) electrons. The first-order chi connectivity index (χ1) is 9.02. The molecule has 0 amide bonds. The topological polar surface area (TPSA) is 20.2 Å². The first-order valence-electron chi connectivity index (χ1n) is 7.80. The van der Waals surface area contributed by atoms with Crippen molar-refractivity contribution in [3.05, 3.63) is 28.8 Å². The van der Waals surface area contributed by atoms with E-state index in [0.29, 0.717) is 5.75 Å². The Balaban J connectivity index is 2.21. The van der Waals surface area contributed by atoms with E-state index >= 15 is 0 Å². The zero-order valence-corrected chi connectivity index (χ0v) is 13.1. The average molecular weight is 262 g/mol. The lowest BCUT2D eigenvalue weighted by atomic mass is 9.98. The molecular formula is C18H30O. The molecule has 0 aliphatic rings. The van der Waals surface area contributed by atoms with E-state index in [1.165, 1.54) is 44.1 Å². The van der Waals surface area contributed by atoms with E-state index in [-0.39, 0.29) is 0 Å². The summed E-state index contributed by atoms with van der Waals surface area (Å²) in [6.07, 6.45) is 9.12. The van der Waals surface area contributed by atoms with Crippen LogP contribution in [0.1, 0.15) is 69.1 Å². The van der Waals surface area contributed by atoms with Crippen molar-refractivity contribution < 1.29 is 5.11 Å². The molecule has 0 saturated heterocycles. The predicted octanol–water partition coefficient (Wildman–Crippen LogP) is 5.55. The smallest absolute Gasteiger partial charge is 0.121 e. The van der Waals surface area contributed by atoms with E-state index in [4.69, 9.17) is 0 Å². The van der Waals surface area contributed by atoms with Crippen molar-refractivity contribution in [2.75, 3.05) is 0 Å². The quantitative estimate of drug-likeness (QED) is 0.609. The molecule has 0 atom stereocenters. The number of unbranched alkanes of at least 4 members (excludes halogenated alkanes) is 4. The molecule has 0 saturated carbocycles. The normalized spacial score (nSPS) is 11.2. The highest BCUT2D eigenvalue weighted by molar-refractivity contribution is 5.43. The monoisotopic (exact) mass is 262 g/mol. The number of hydrogen-bond acceptors (Lipinski definition) is 1. The molecule has 0 heterocycles. The Morgan fingerprint density at radius 3 is 2.26 bits per heavy atom. The van der Waals surface area contributed by atoms with Crippen molar-refractivity contribution >= 4 is 0 Å². The fourth-order valence-electron chi connectivity index (χ4n) is 2.55. The molecule has 1 aromatic carbocycles. The van der Waals surface area contributed by atoms with Crippen LogP contribution in [0.4, 0.5) is 0 Å². The molecule has 19 heavy (non-hydrogen) atoms. The van der Waals surface area contributed by atoms with Crippen LogP contribution >= 0.6 is 0 Å². The first-order valence-corrected chi connectivity index (χ1v) is 7.80. The lowest BCUT2D eigenvalue weighted by Gasteiger charge is -2.10. The summed E-state index contributed by atoms with van der Waals surface area (Å²) >= 11 is 0. The Hall–Kier alpha value is -0.980. The number of aryl methyl sites for hydroxylation is 2. The summed E-state index contributed by atoms with van der Waals surface area (Å²) in [7, 11) is 0. The van der Waals surface area contributed by atoms with Crippen LogP contribution in [0, 0.1) is 19.8 Å². The summed E-state index contributed by atoms with van der Waals surface area (Å²) in [6, 6.07) is 4.20. The van der Waals surface area contributed by atoms with Gasteiger partial charge < -0.3 is 5.11 Å². The first kappa shape index (κ1) is 16.1. The third kappa shape index (κ3) is 5.67. The average Bonchev–Trinajstić information content (AvgIpc) is 2.37. The van der Waals surface area contributed by atoms with Gasteiger partial charge in [-0.05, 0) is 49.3 Å². The maximum absolute atomic E-state index is 9.91. The molecular weight excluding hydrogens is 232 g/mol. The summed E-state index contributed by atoms with van der Waals surface area (Å²) in [5.41, 5.74) is 3.36. The SMILES string of the molecule is Cc1ccc(CCCCCCCC(C)C)c(C)c1O. The lowest BCUT2D eigenvalue weighted by Crippen LogP contribution is -1.93. The second-order valence-corrected chi connectivity index (χ2v) is 6.22. The molecule has 1 nitrogen and oxygen atoms in total. The van der Waals surface area contributed by atoms with E-state index in [0.717, 1.165) is 23.5 Å². The van der Waals surface area contributed by atoms with E-state index in [9.17, 15) is 5.11 Å². The van der Waals surface area contributed by atoms with Crippen molar-refractivity contribution in [3.8, 4) is 5.75 Å². The van der Waals surface area contributed by atoms with Gasteiger partial charge in [-0.3, -0.25) is 0 Å². The second-order valence-electron chi connectivity index (χ2n) is 6.22. The highest BCUT2D eigenvalue weighted by Crippen LogP contribution is 2.25. The van der Waals surface area contributed by atoms with Crippen LogP contribution in [-0.4, -0.2) is 5.11 Å². The van der Waals surface area contributed by atoms with Gasteiger partial charge in [0.05, 0.1) is 0 Å². The van der Waals surface area contributed by atoms with Gasteiger partial charge in [0.25, 0.3) is 0 Å². The van der Waals surface area contributed by atoms with Crippen LogP contribution in [0.5, 0.6) is 5.75 Å². The molecule has 1 rings (SSSR count). The van der Waals surface area contributed by atoms with Crippen LogP contribution < -0.4 is 0 Å². The summed E-state index contributed by atoms with van der Waals surface area (Å²) in [5, 5.41) is 9.91. The largest absolute Gasteiger partial charge is 0.507 e. The van der Waals surface area contributed by atoms with Gasteiger partial charge in [-0.1, -0.05) is 58.1 Å². The van der Waals surface area contributed by atoms with Crippen LogP contribution in [-0.2, 0) is 6.42 Å². The molecule has 0 aromatic heterocycles. The molecule has 0 aliphatic carbocycles. The number of phenolic OH excluding ortho intramolecular Hbond substituents is 1. The highest BCUT2D eigenvalue weighted by atomic mass is 16.3. The Kier molecular flexibility index (Phi) is 6.97. The predicted molar refractivity (Wildman–Crippen MR) is 83.8 cm³/mol. The third-order valence-corrected chi connectivity index (χ3v) is 3.97. The lowest BCUT2D eigenvalue weighted by molar-refractivity contribution is 0.465. The maximum atomic E-state index is 9.91. The number of hydrogen-bond donors (Lipinski definition) is 1. The minimum absolute atomic E-state index is 0.481. The summed E-state index contributed by atoms with van der Waals surface area (Å²) in [5.74, 6) is 1.33. The Labute approximate surface area is 119 Å². The molecule has 1 heteroatoms. The minimum atomic E-state index is 0.481. The summed E-state index contributed by atoms with van der Waals surface area (Å²) < 4.78 is 0. The van der Waals surface area contributed by atoms with Crippen molar-refractivity contribution in [2.45, 2.75) is 72.6 Å². The zero-order valence-electron chi connectivity index (χ0n) is 13.1. The number of aromatic hydroxyl groups is 1. The van der Waals surface area contributed by atoms with E-state index < -0.39 is 0 Å². The van der Waals surface area contributed by atoms with E-state index in [2.05, 4.69) is 19.9 Å². The van der Waals surface area contributed by atoms with Gasteiger partial charge in [-0.2, -0.15) is 0 Å². The van der Waals surface area contributed by atoms with Crippen molar-refractivity contribution in [1.29, 1.82) is 0 Å². The van der Waals surface area contributed by atoms with Gasteiger partial charge in [0.15, 0.2) is 0 Å². The van der Waals surface area contributed by atoms with Crippen LogP contribution in [0.3, 0.4) is 0 Å². The van der Waals surface area contributed by atoms with Gasteiger partial charge in [0, 0.05) is 0 Å². The van der Waals surface area contributed by atoms with E-state index in [1.54, 1.807) is 0 Å². The molecule has 0 fully saturated rings. The van der Waals surface area contributed by atoms with Gasteiger partial charge in [-0.15, -0.1) is 0 Å². The molecule has 0 bridgehead atoms. The number of phenols is 1. The number of rotatable bonds is 8. The summed E-state index contributed by atoms with van der Waals surface area (Å²) in [6.45, 7) is 8.58. The Morgan fingerprint density at radius 2 is 1.58 bits per heavy atom. The van der Waals surface area contributed by atoms with Crippen molar-refractivity contribution in [1.82, 2.24) is 0 Å². The molecule has 0 unspecified atom stereocenters. The van der Waals surface area contributed by atoms with Crippen molar-refractivity contribution in [2.24, 2.45) is 5.92 Å². The van der Waals surface area contributed by atoms with Gasteiger partial charge in [0.2, 0.25) is 0 Å². The molecule has 1 aromatic rings. The molecule has 0 aliphatic heterocycles. The fourth-order valence-corrected chi connectivity index (χ4v) is 2.55. The highest BCUT2D eigenvalue weighted by Gasteiger charge is 2.05. The van der Waals surface area contributed by atoms with Crippen LogP contribution in [0.25, 0.3) is 0 Å². The standard InChI is InChI=1S/C18H30O/c1-14(2)10-8-6-5-7-9-11-17-13-12-15(3)18(19)16(17)4/h12-14,19H,5-11H2,1-4H3. The van der Waals surface area contributed by atoms with E-state index in [1.807, 2.05) is 19.9 Å².